The van der Waals surface area contributed by atoms with Crippen LogP contribution in [0.4, 0.5) is 0 Å². The molecule has 0 aliphatic heterocycles. The first kappa shape index (κ1) is 19.2. The summed E-state index contributed by atoms with van der Waals surface area (Å²) < 4.78 is 10.4. The number of nitrogens with one attached hydrogen (secondary N) is 2. The van der Waals surface area contributed by atoms with Gasteiger partial charge < -0.3 is 9.47 Å². The minimum atomic E-state index is -0.417. The maximum Gasteiger partial charge on any atom is 0.279 e. The van der Waals surface area contributed by atoms with E-state index in [1.54, 1.807) is 18.2 Å². The maximum atomic E-state index is 12.4. The van der Waals surface area contributed by atoms with Gasteiger partial charge in [-0.3, -0.25) is 20.4 Å². The van der Waals surface area contributed by atoms with Crippen LogP contribution in [0.1, 0.15) is 56.2 Å². The first-order valence-electron chi connectivity index (χ1n) is 9.06. The molecule has 2 N–H and O–H groups in total. The molecule has 1 aliphatic carbocycles. The first-order valence-corrected chi connectivity index (χ1v) is 9.88. The largest absolute Gasteiger partial charge is 0.493 e. The van der Waals surface area contributed by atoms with Crippen LogP contribution in [0, 0.1) is 0 Å². The average Bonchev–Trinajstić information content (AvgIpc) is 3.07. The number of amides is 2. The second-order valence-corrected chi connectivity index (χ2v) is 7.59. The summed E-state index contributed by atoms with van der Waals surface area (Å²) in [7, 11) is 3.03. The maximum absolute atomic E-state index is 12.4. The molecule has 0 radical (unpaired) electrons. The molecule has 1 aliphatic rings. The minimum Gasteiger partial charge on any atom is -0.493 e. The zero-order valence-electron chi connectivity index (χ0n) is 15.6. The highest BCUT2D eigenvalue weighted by molar-refractivity contribution is 7.14. The normalized spacial score (nSPS) is 13.7. The first-order chi connectivity index (χ1) is 13.1. The van der Waals surface area contributed by atoms with Gasteiger partial charge in [-0.25, -0.2) is 0 Å². The summed E-state index contributed by atoms with van der Waals surface area (Å²) in [6, 6.07) is 6.79. The standard InChI is InChI=1S/C20H24N2O4S/c1-25-15-10-9-14(11-16(15)26-2)19(23)21-22-20(24)18-12-13-7-5-3-4-6-8-17(13)27-18/h9-12H,3-8H2,1-2H3,(H,21,23)(H,22,24). The number of hydrazine groups is 1. The number of aryl methyl sites for hydroxylation is 2. The van der Waals surface area contributed by atoms with Crippen LogP contribution in [0.5, 0.6) is 11.5 Å². The number of fused-ring (bicyclic) bond motifs is 1. The molecular weight excluding hydrogens is 364 g/mol. The van der Waals surface area contributed by atoms with Crippen molar-refractivity contribution in [3.63, 3.8) is 0 Å². The van der Waals surface area contributed by atoms with Crippen molar-refractivity contribution in [2.75, 3.05) is 14.2 Å². The molecule has 7 heteroatoms. The average molecular weight is 388 g/mol. The van der Waals surface area contributed by atoms with Gasteiger partial charge in [-0.15, -0.1) is 11.3 Å². The number of ether oxygens (including phenoxy) is 2. The number of benzene rings is 1. The molecule has 6 nitrogen and oxygen atoms in total. The highest BCUT2D eigenvalue weighted by Gasteiger charge is 2.17. The van der Waals surface area contributed by atoms with Crippen molar-refractivity contribution in [1.82, 2.24) is 10.9 Å². The lowest BCUT2D eigenvalue weighted by Gasteiger charge is -2.10. The molecule has 1 aromatic heterocycles. The van der Waals surface area contributed by atoms with Gasteiger partial charge in [-0.1, -0.05) is 12.8 Å². The summed E-state index contributed by atoms with van der Waals surface area (Å²) in [6.07, 6.45) is 6.90. The number of carbonyl (C=O) groups excluding carboxylic acids is 2. The lowest BCUT2D eigenvalue weighted by Crippen LogP contribution is -2.41. The van der Waals surface area contributed by atoms with Gasteiger partial charge in [0.05, 0.1) is 19.1 Å². The van der Waals surface area contributed by atoms with Gasteiger partial charge in [0.25, 0.3) is 11.8 Å². The Morgan fingerprint density at radius 2 is 1.59 bits per heavy atom. The predicted octanol–water partition coefficient (Wildman–Crippen LogP) is 3.50. The lowest BCUT2D eigenvalue weighted by molar-refractivity contribution is 0.0848. The molecule has 1 aromatic carbocycles. The van der Waals surface area contributed by atoms with Crippen molar-refractivity contribution < 1.29 is 19.1 Å². The van der Waals surface area contributed by atoms with Gasteiger partial charge in [0, 0.05) is 10.4 Å². The summed E-state index contributed by atoms with van der Waals surface area (Å²) in [5.74, 6) is 0.281. The van der Waals surface area contributed by atoms with Crippen LogP contribution in [0.2, 0.25) is 0 Å². The van der Waals surface area contributed by atoms with E-state index in [0.29, 0.717) is 21.9 Å². The van der Waals surface area contributed by atoms with Crippen molar-refractivity contribution in [2.24, 2.45) is 0 Å². The molecule has 0 saturated heterocycles. The topological polar surface area (TPSA) is 76.7 Å². The van der Waals surface area contributed by atoms with Gasteiger partial charge in [0.1, 0.15) is 0 Å². The molecule has 1 heterocycles. The van der Waals surface area contributed by atoms with E-state index in [1.165, 1.54) is 61.7 Å². The Hall–Kier alpha value is -2.54. The van der Waals surface area contributed by atoms with Crippen LogP contribution >= 0.6 is 11.3 Å². The predicted molar refractivity (Wildman–Crippen MR) is 105 cm³/mol. The van der Waals surface area contributed by atoms with Crippen LogP contribution in [-0.4, -0.2) is 26.0 Å². The van der Waals surface area contributed by atoms with Crippen molar-refractivity contribution in [2.45, 2.75) is 38.5 Å². The molecule has 144 valence electrons. The highest BCUT2D eigenvalue weighted by Crippen LogP contribution is 2.29. The van der Waals surface area contributed by atoms with E-state index >= 15 is 0 Å². The molecule has 0 unspecified atom stereocenters. The van der Waals surface area contributed by atoms with E-state index in [0.717, 1.165) is 12.8 Å². The SMILES string of the molecule is COc1ccc(C(=O)NNC(=O)c2cc3c(s2)CCCCCC3)cc1OC. The summed E-state index contributed by atoms with van der Waals surface area (Å²) in [4.78, 5) is 26.7. The Balaban J connectivity index is 1.63. The Morgan fingerprint density at radius 3 is 2.33 bits per heavy atom. The Kier molecular flexibility index (Phi) is 6.34. The number of thiophene rings is 1. The fourth-order valence-electron chi connectivity index (χ4n) is 3.18. The lowest BCUT2D eigenvalue weighted by atomic mass is 10.00. The monoisotopic (exact) mass is 388 g/mol. The van der Waals surface area contributed by atoms with Gasteiger partial charge in [-0.2, -0.15) is 0 Å². The molecular formula is C20H24N2O4S. The van der Waals surface area contributed by atoms with Crippen LogP contribution in [0.15, 0.2) is 24.3 Å². The van der Waals surface area contributed by atoms with Crippen LogP contribution in [-0.2, 0) is 12.8 Å². The molecule has 2 amide bonds. The fraction of sp³-hybridized carbons (Fsp3) is 0.400. The minimum absolute atomic E-state index is 0.291. The third-order valence-electron chi connectivity index (χ3n) is 4.66. The third kappa shape index (κ3) is 4.60. The third-order valence-corrected chi connectivity index (χ3v) is 5.89. The van der Waals surface area contributed by atoms with Crippen molar-refractivity contribution in [1.29, 1.82) is 0 Å². The van der Waals surface area contributed by atoms with E-state index in [-0.39, 0.29) is 5.91 Å². The Morgan fingerprint density at radius 1 is 0.889 bits per heavy atom. The molecule has 2 aromatic rings. The van der Waals surface area contributed by atoms with Crippen LogP contribution in [0.25, 0.3) is 0 Å². The number of hydrogen-bond acceptors (Lipinski definition) is 5. The second kappa shape index (κ2) is 8.90. The summed E-state index contributed by atoms with van der Waals surface area (Å²) in [5.41, 5.74) is 6.61. The fourth-order valence-corrected chi connectivity index (χ4v) is 4.33. The molecule has 0 bridgehead atoms. The molecule has 0 saturated carbocycles. The summed E-state index contributed by atoms with van der Waals surface area (Å²) in [6.45, 7) is 0. The Bertz CT molecular complexity index is 806. The van der Waals surface area contributed by atoms with Crippen molar-refractivity contribution in [3.05, 3.63) is 45.1 Å². The number of hydrogen-bond donors (Lipinski definition) is 2. The van der Waals surface area contributed by atoms with E-state index in [2.05, 4.69) is 10.9 Å². The van der Waals surface area contributed by atoms with Crippen LogP contribution < -0.4 is 20.3 Å². The molecule has 0 spiro atoms. The van der Waals surface area contributed by atoms with E-state index < -0.39 is 5.91 Å². The highest BCUT2D eigenvalue weighted by atomic mass is 32.1. The molecule has 3 rings (SSSR count). The van der Waals surface area contributed by atoms with Gasteiger partial charge in [-0.05, 0) is 55.5 Å². The number of methoxy groups -OCH3 is 2. The smallest absolute Gasteiger partial charge is 0.279 e. The van der Waals surface area contributed by atoms with Gasteiger partial charge >= 0.3 is 0 Å². The Labute approximate surface area is 162 Å². The van der Waals surface area contributed by atoms with Crippen molar-refractivity contribution >= 4 is 23.2 Å². The molecule has 0 fully saturated rings. The van der Waals surface area contributed by atoms with Crippen LogP contribution in [0.3, 0.4) is 0 Å². The second-order valence-electron chi connectivity index (χ2n) is 6.45. The summed E-state index contributed by atoms with van der Waals surface area (Å²) >= 11 is 1.52. The van der Waals surface area contributed by atoms with E-state index in [9.17, 15) is 9.59 Å². The van der Waals surface area contributed by atoms with Crippen molar-refractivity contribution in [3.8, 4) is 11.5 Å². The quantitative estimate of drug-likeness (QED) is 0.786. The zero-order valence-corrected chi connectivity index (χ0v) is 16.4. The summed E-state index contributed by atoms with van der Waals surface area (Å²) in [5, 5.41) is 0. The van der Waals surface area contributed by atoms with Gasteiger partial charge in [0.2, 0.25) is 0 Å². The van der Waals surface area contributed by atoms with E-state index in [1.807, 2.05) is 6.07 Å². The number of carbonyl (C=O) groups is 2. The molecule has 27 heavy (non-hydrogen) atoms. The van der Waals surface area contributed by atoms with E-state index in [4.69, 9.17) is 9.47 Å². The number of rotatable bonds is 4. The zero-order chi connectivity index (χ0) is 19.2. The van der Waals surface area contributed by atoms with Gasteiger partial charge in [0.15, 0.2) is 11.5 Å². The molecule has 0 atom stereocenters.